The summed E-state index contributed by atoms with van der Waals surface area (Å²) in [4.78, 5) is 23.4. The van der Waals surface area contributed by atoms with E-state index in [1.165, 1.54) is 0 Å². The number of benzene rings is 1. The maximum atomic E-state index is 11.8. The molecule has 0 aliphatic carbocycles. The highest BCUT2D eigenvalue weighted by atomic mass is 16.6. The topological polar surface area (TPSA) is 52.6 Å². The van der Waals surface area contributed by atoms with E-state index in [0.717, 1.165) is 12.8 Å². The van der Waals surface area contributed by atoms with Crippen molar-refractivity contribution in [3.8, 4) is 0 Å². The predicted octanol–water partition coefficient (Wildman–Crippen LogP) is 2.23. The Bertz CT molecular complexity index is 381. The molecule has 2 bridgehead atoms. The lowest BCUT2D eigenvalue weighted by atomic mass is 10.0. The highest BCUT2D eigenvalue weighted by Crippen LogP contribution is 2.11. The summed E-state index contributed by atoms with van der Waals surface area (Å²) in [5.41, 5.74) is 1.10. The first-order chi connectivity index (χ1) is 8.77. The Kier molecular flexibility index (Phi) is 4.47. The number of hydrogen-bond acceptors (Lipinski definition) is 4. The van der Waals surface area contributed by atoms with Gasteiger partial charge in [0.2, 0.25) is 0 Å². The zero-order valence-electron chi connectivity index (χ0n) is 10.2. The van der Waals surface area contributed by atoms with Crippen molar-refractivity contribution in [2.24, 2.45) is 0 Å². The summed E-state index contributed by atoms with van der Waals surface area (Å²) in [6.07, 6.45) is 2.19. The molecular weight excluding hydrogens is 232 g/mol. The Hall–Kier alpha value is -1.68. The van der Waals surface area contributed by atoms with Crippen LogP contribution in [0.4, 0.5) is 0 Å². The van der Waals surface area contributed by atoms with E-state index < -0.39 is 0 Å². The number of esters is 1. The van der Waals surface area contributed by atoms with Crippen LogP contribution in [-0.4, -0.2) is 31.6 Å². The first-order valence-corrected chi connectivity index (χ1v) is 6.15. The number of fused-ring (bicyclic) bond motifs is 11. The third kappa shape index (κ3) is 3.40. The lowest BCUT2D eigenvalue weighted by molar-refractivity contribution is 0.0311. The van der Waals surface area contributed by atoms with Crippen LogP contribution >= 0.6 is 0 Å². The monoisotopic (exact) mass is 248 g/mol. The number of hydrogen-bond donors (Lipinski definition) is 0. The van der Waals surface area contributed by atoms with Crippen LogP contribution in [0.1, 0.15) is 40.0 Å². The van der Waals surface area contributed by atoms with Crippen LogP contribution in [0.25, 0.3) is 0 Å². The number of carbonyl (C=O) groups excluding carboxylic acids is 2. The molecule has 0 unspecified atom stereocenters. The van der Waals surface area contributed by atoms with E-state index in [1.54, 1.807) is 24.3 Å². The smallest absolute Gasteiger partial charge is 0.338 e. The van der Waals surface area contributed by atoms with E-state index in [4.69, 9.17) is 9.47 Å². The molecule has 4 nitrogen and oxygen atoms in total. The molecule has 0 amide bonds. The second kappa shape index (κ2) is 6.31. The fourth-order valence-corrected chi connectivity index (χ4v) is 1.80. The molecule has 96 valence electrons. The van der Waals surface area contributed by atoms with Crippen molar-refractivity contribution in [2.75, 3.05) is 19.8 Å². The quantitative estimate of drug-likeness (QED) is 0.661. The lowest BCUT2D eigenvalue weighted by Gasteiger charge is -2.08. The summed E-state index contributed by atoms with van der Waals surface area (Å²) >= 11 is 0. The highest BCUT2D eigenvalue weighted by molar-refractivity contribution is 5.97. The van der Waals surface area contributed by atoms with E-state index in [9.17, 15) is 9.59 Å². The normalized spacial score (nSPS) is 18.2. The molecule has 4 heteroatoms. The van der Waals surface area contributed by atoms with Crippen molar-refractivity contribution in [1.82, 2.24) is 0 Å². The van der Waals surface area contributed by atoms with Crippen molar-refractivity contribution >= 4 is 11.8 Å². The first kappa shape index (κ1) is 12.8. The zero-order valence-corrected chi connectivity index (χ0v) is 10.2. The van der Waals surface area contributed by atoms with Crippen LogP contribution in [0.5, 0.6) is 0 Å². The summed E-state index contributed by atoms with van der Waals surface area (Å²) in [5.74, 6) is -0.276. The number of rotatable bonds is 0. The molecule has 0 fully saturated rings. The second-order valence-electron chi connectivity index (χ2n) is 4.21. The molecule has 1 aromatic rings. The number of carbonyl (C=O) groups is 2. The van der Waals surface area contributed by atoms with E-state index in [1.807, 2.05) is 0 Å². The van der Waals surface area contributed by atoms with Gasteiger partial charge in [0.15, 0.2) is 5.78 Å². The Labute approximate surface area is 106 Å². The molecule has 0 saturated carbocycles. The van der Waals surface area contributed by atoms with Gasteiger partial charge in [0.1, 0.15) is 6.61 Å². The van der Waals surface area contributed by atoms with Crippen LogP contribution in [-0.2, 0) is 9.47 Å². The Morgan fingerprint density at radius 2 is 1.56 bits per heavy atom. The molecule has 0 aromatic heterocycles. The molecule has 0 atom stereocenters. The number of ketones is 1. The summed E-state index contributed by atoms with van der Waals surface area (Å²) < 4.78 is 10.3. The van der Waals surface area contributed by atoms with Crippen molar-refractivity contribution in [1.29, 1.82) is 0 Å². The van der Waals surface area contributed by atoms with Crippen molar-refractivity contribution < 1.29 is 19.1 Å². The van der Waals surface area contributed by atoms with Gasteiger partial charge in [0, 0.05) is 18.6 Å². The van der Waals surface area contributed by atoms with E-state index in [2.05, 4.69) is 0 Å². The lowest BCUT2D eigenvalue weighted by Crippen LogP contribution is -2.12. The minimum absolute atomic E-state index is 0.104. The van der Waals surface area contributed by atoms with Gasteiger partial charge in [-0.1, -0.05) is 12.1 Å². The van der Waals surface area contributed by atoms with Crippen LogP contribution in [0.15, 0.2) is 24.3 Å². The van der Waals surface area contributed by atoms with Crippen LogP contribution in [0.2, 0.25) is 0 Å². The van der Waals surface area contributed by atoms with Gasteiger partial charge in [-0.05, 0) is 25.0 Å². The average molecular weight is 248 g/mol. The van der Waals surface area contributed by atoms with Gasteiger partial charge in [-0.15, -0.1) is 0 Å². The first-order valence-electron chi connectivity index (χ1n) is 6.15. The van der Waals surface area contributed by atoms with Crippen LogP contribution in [0, 0.1) is 0 Å². The second-order valence-corrected chi connectivity index (χ2v) is 4.21. The van der Waals surface area contributed by atoms with Gasteiger partial charge in [-0.3, -0.25) is 4.79 Å². The summed E-state index contributed by atoms with van der Waals surface area (Å²) in [5, 5.41) is 0. The third-order valence-electron chi connectivity index (χ3n) is 2.85. The molecule has 18 heavy (non-hydrogen) atoms. The molecule has 3 rings (SSSR count). The SMILES string of the molecule is O=C1CCCCOCCOC(=O)c2ccc1cc2. The Morgan fingerprint density at radius 3 is 2.33 bits per heavy atom. The maximum absolute atomic E-state index is 11.8. The summed E-state index contributed by atoms with van der Waals surface area (Å²) in [6, 6.07) is 6.62. The molecular formula is C14H16O4. The minimum atomic E-state index is -0.380. The van der Waals surface area contributed by atoms with Crippen LogP contribution < -0.4 is 0 Å². The van der Waals surface area contributed by atoms with Gasteiger partial charge < -0.3 is 9.47 Å². The largest absolute Gasteiger partial charge is 0.460 e. The third-order valence-corrected chi connectivity index (χ3v) is 2.85. The molecule has 0 radical (unpaired) electrons. The van der Waals surface area contributed by atoms with Gasteiger partial charge in [-0.25, -0.2) is 4.79 Å². The predicted molar refractivity (Wildman–Crippen MR) is 65.7 cm³/mol. The van der Waals surface area contributed by atoms with E-state index in [-0.39, 0.29) is 18.4 Å². The molecule has 2 aliphatic rings. The highest BCUT2D eigenvalue weighted by Gasteiger charge is 2.10. The van der Waals surface area contributed by atoms with Gasteiger partial charge >= 0.3 is 5.97 Å². The Balaban J connectivity index is 2.13. The fourth-order valence-electron chi connectivity index (χ4n) is 1.80. The molecule has 2 aliphatic heterocycles. The van der Waals surface area contributed by atoms with Crippen molar-refractivity contribution in [3.63, 3.8) is 0 Å². The van der Waals surface area contributed by atoms with Gasteiger partial charge in [-0.2, -0.15) is 0 Å². The van der Waals surface area contributed by atoms with Crippen molar-refractivity contribution in [2.45, 2.75) is 19.3 Å². The summed E-state index contributed by atoms with van der Waals surface area (Å²) in [7, 11) is 0. The molecule has 0 saturated heterocycles. The van der Waals surface area contributed by atoms with Gasteiger partial charge in [0.25, 0.3) is 0 Å². The Morgan fingerprint density at radius 1 is 0.833 bits per heavy atom. The minimum Gasteiger partial charge on any atom is -0.460 e. The average Bonchev–Trinajstić information content (AvgIpc) is 2.40. The maximum Gasteiger partial charge on any atom is 0.338 e. The molecule has 0 N–H and O–H groups in total. The molecule has 0 spiro atoms. The molecule has 2 heterocycles. The van der Waals surface area contributed by atoms with Crippen molar-refractivity contribution in [3.05, 3.63) is 35.4 Å². The molecule has 1 aromatic carbocycles. The fraction of sp³-hybridized carbons (Fsp3) is 0.429. The summed E-state index contributed by atoms with van der Waals surface area (Å²) in [6.45, 7) is 1.26. The zero-order chi connectivity index (χ0) is 12.8. The van der Waals surface area contributed by atoms with E-state index in [0.29, 0.717) is 30.8 Å². The standard InChI is InChI=1S/C14H16O4/c15-13-3-1-2-8-17-9-10-18-14(16)12-6-4-11(13)5-7-12/h4-7H,1-3,8-10H2. The van der Waals surface area contributed by atoms with Crippen LogP contribution in [0.3, 0.4) is 0 Å². The number of Topliss-reactive ketones (excluding diaryl/α,β-unsaturated/α-hetero) is 1. The van der Waals surface area contributed by atoms with E-state index >= 15 is 0 Å². The van der Waals surface area contributed by atoms with Gasteiger partial charge in [0.05, 0.1) is 12.2 Å². The number of ether oxygens (including phenoxy) is 2.